The number of hydrogen-bond donors (Lipinski definition) is 1. The second kappa shape index (κ2) is 4.44. The number of ether oxygens (including phenoxy) is 1. The highest BCUT2D eigenvalue weighted by Crippen LogP contribution is 2.40. The molecule has 2 nitrogen and oxygen atoms in total. The molecule has 0 atom stereocenters. The zero-order valence-electron chi connectivity index (χ0n) is 7.49. The first-order valence-corrected chi connectivity index (χ1v) is 4.63. The molecule has 1 aromatic carbocycles. The molecule has 0 fully saturated rings. The quantitative estimate of drug-likeness (QED) is 0.665. The van der Waals surface area contributed by atoms with E-state index in [0.717, 1.165) is 12.1 Å². The molecule has 0 unspecified atom stereocenters. The summed E-state index contributed by atoms with van der Waals surface area (Å²) in [6.07, 6.45) is -8.17. The van der Waals surface area contributed by atoms with Crippen LogP contribution in [0, 0.1) is 0 Å². The van der Waals surface area contributed by atoms with E-state index in [4.69, 9.17) is 5.73 Å². The Balaban J connectivity index is 3.26. The second-order valence-electron chi connectivity index (χ2n) is 2.73. The van der Waals surface area contributed by atoms with Gasteiger partial charge in [-0.15, -0.1) is 13.2 Å². The lowest BCUT2D eigenvalue weighted by molar-refractivity contribution is -0.274. The number of nitrogen functional groups attached to an aromatic ring is 1. The van der Waals surface area contributed by atoms with Crippen molar-refractivity contribution in [2.75, 3.05) is 5.73 Å². The Hall–Kier alpha value is -1.05. The topological polar surface area (TPSA) is 35.2 Å². The molecule has 0 amide bonds. The minimum absolute atomic E-state index is 0.0520. The van der Waals surface area contributed by atoms with E-state index in [2.05, 4.69) is 20.7 Å². The average molecular weight is 306 g/mol. The van der Waals surface area contributed by atoms with Crippen molar-refractivity contribution < 1.29 is 26.7 Å². The highest BCUT2D eigenvalue weighted by Gasteiger charge is 2.34. The van der Waals surface area contributed by atoms with Crippen LogP contribution in [0.4, 0.5) is 27.6 Å². The van der Waals surface area contributed by atoms with Crippen molar-refractivity contribution in [2.24, 2.45) is 0 Å². The molecule has 8 heteroatoms. The molecule has 0 aliphatic rings. The van der Waals surface area contributed by atoms with Crippen molar-refractivity contribution in [2.45, 2.75) is 12.8 Å². The van der Waals surface area contributed by atoms with Gasteiger partial charge in [-0.3, -0.25) is 0 Å². The molecule has 0 radical (unpaired) electrons. The summed E-state index contributed by atoms with van der Waals surface area (Å²) in [6, 6.07) is 1.94. The van der Waals surface area contributed by atoms with E-state index in [1.807, 2.05) is 0 Å². The van der Waals surface area contributed by atoms with Crippen LogP contribution >= 0.6 is 15.9 Å². The number of hydrogen-bond acceptors (Lipinski definition) is 2. The van der Waals surface area contributed by atoms with Crippen LogP contribution in [0.1, 0.15) is 12.0 Å². The highest BCUT2D eigenvalue weighted by atomic mass is 79.9. The normalized spacial score (nSPS) is 11.9. The molecule has 0 saturated heterocycles. The molecule has 0 aromatic heterocycles. The van der Waals surface area contributed by atoms with E-state index >= 15 is 0 Å². The molecule has 2 N–H and O–H groups in total. The molecule has 0 saturated carbocycles. The lowest BCUT2D eigenvalue weighted by Gasteiger charge is -2.15. The lowest BCUT2D eigenvalue weighted by Crippen LogP contribution is -2.19. The molecule has 90 valence electrons. The van der Waals surface area contributed by atoms with Gasteiger partial charge in [0, 0.05) is 4.47 Å². The maximum absolute atomic E-state index is 12.4. The molecule has 1 aromatic rings. The number of benzene rings is 1. The Morgan fingerprint density at radius 2 is 1.81 bits per heavy atom. The van der Waals surface area contributed by atoms with Crippen LogP contribution < -0.4 is 10.5 Å². The van der Waals surface area contributed by atoms with Gasteiger partial charge in [-0.1, -0.05) is 0 Å². The van der Waals surface area contributed by atoms with Crippen molar-refractivity contribution in [3.63, 3.8) is 0 Å². The van der Waals surface area contributed by atoms with Crippen molar-refractivity contribution in [3.8, 4) is 5.75 Å². The first-order valence-electron chi connectivity index (χ1n) is 3.84. The minimum Gasteiger partial charge on any atom is -0.403 e. The van der Waals surface area contributed by atoms with Gasteiger partial charge in [-0.05, 0) is 28.1 Å². The Morgan fingerprint density at radius 3 is 2.25 bits per heavy atom. The third kappa shape index (κ3) is 2.97. The van der Waals surface area contributed by atoms with Crippen molar-refractivity contribution in [1.82, 2.24) is 0 Å². The monoisotopic (exact) mass is 305 g/mol. The standard InChI is InChI=1S/C8H5BrF5NO/c9-4-2-1-3(7(10)11)6(5(4)15)16-8(12,13)14/h1-2,7H,15H2. The second-order valence-corrected chi connectivity index (χ2v) is 3.58. The fourth-order valence-corrected chi connectivity index (χ4v) is 1.31. The molecular weight excluding hydrogens is 301 g/mol. The minimum atomic E-state index is -5.07. The van der Waals surface area contributed by atoms with Crippen LogP contribution in [0.25, 0.3) is 0 Å². The van der Waals surface area contributed by atoms with Gasteiger partial charge in [-0.2, -0.15) is 0 Å². The Morgan fingerprint density at radius 1 is 1.25 bits per heavy atom. The number of alkyl halides is 5. The number of halogens is 6. The van der Waals surface area contributed by atoms with Gasteiger partial charge < -0.3 is 10.5 Å². The van der Waals surface area contributed by atoms with Gasteiger partial charge in [0.1, 0.15) is 0 Å². The van der Waals surface area contributed by atoms with Crippen LogP contribution in [-0.2, 0) is 0 Å². The largest absolute Gasteiger partial charge is 0.573 e. The Labute approximate surface area is 95.3 Å². The smallest absolute Gasteiger partial charge is 0.403 e. The summed E-state index contributed by atoms with van der Waals surface area (Å²) in [4.78, 5) is 0. The molecule has 0 spiro atoms. The van der Waals surface area contributed by atoms with E-state index in [0.29, 0.717) is 0 Å². The fourth-order valence-electron chi connectivity index (χ4n) is 0.994. The summed E-state index contributed by atoms with van der Waals surface area (Å²) in [7, 11) is 0. The zero-order valence-corrected chi connectivity index (χ0v) is 9.07. The Bertz CT molecular complexity index is 393. The van der Waals surface area contributed by atoms with Gasteiger partial charge in [0.2, 0.25) is 0 Å². The highest BCUT2D eigenvalue weighted by molar-refractivity contribution is 9.10. The van der Waals surface area contributed by atoms with Crippen LogP contribution in [-0.4, -0.2) is 6.36 Å². The maximum Gasteiger partial charge on any atom is 0.573 e. The third-order valence-electron chi connectivity index (χ3n) is 1.63. The average Bonchev–Trinajstić information content (AvgIpc) is 2.10. The number of nitrogens with two attached hydrogens (primary N) is 1. The lowest BCUT2D eigenvalue weighted by atomic mass is 10.2. The first kappa shape index (κ1) is 13.0. The summed E-state index contributed by atoms with van der Waals surface area (Å²) in [5.74, 6) is -1.07. The van der Waals surface area contributed by atoms with E-state index in [1.54, 1.807) is 0 Å². The molecule has 1 rings (SSSR count). The predicted molar refractivity (Wildman–Crippen MR) is 50.2 cm³/mol. The number of anilines is 1. The molecule has 0 aliphatic heterocycles. The van der Waals surface area contributed by atoms with Crippen LogP contribution in [0.5, 0.6) is 5.75 Å². The molecule has 0 bridgehead atoms. The van der Waals surface area contributed by atoms with E-state index in [1.165, 1.54) is 0 Å². The molecule has 0 aliphatic carbocycles. The van der Waals surface area contributed by atoms with Crippen LogP contribution in [0.3, 0.4) is 0 Å². The van der Waals surface area contributed by atoms with Gasteiger partial charge >= 0.3 is 6.36 Å². The van der Waals surface area contributed by atoms with E-state index in [-0.39, 0.29) is 4.47 Å². The molecular formula is C8H5BrF5NO. The van der Waals surface area contributed by atoms with Crippen molar-refractivity contribution in [1.29, 1.82) is 0 Å². The van der Waals surface area contributed by atoms with Gasteiger partial charge in [0.05, 0.1) is 11.3 Å². The Kier molecular flexibility index (Phi) is 3.61. The van der Waals surface area contributed by atoms with Crippen LogP contribution in [0.15, 0.2) is 16.6 Å². The first-order chi connectivity index (χ1) is 7.22. The molecule has 0 heterocycles. The van der Waals surface area contributed by atoms with E-state index in [9.17, 15) is 22.0 Å². The fraction of sp³-hybridized carbons (Fsp3) is 0.250. The van der Waals surface area contributed by atoms with Crippen molar-refractivity contribution >= 4 is 21.6 Å². The zero-order chi connectivity index (χ0) is 12.5. The predicted octanol–water partition coefficient (Wildman–Crippen LogP) is 3.87. The summed E-state index contributed by atoms with van der Waals surface area (Å²) >= 11 is 2.82. The van der Waals surface area contributed by atoms with Gasteiger partial charge in [-0.25, -0.2) is 8.78 Å². The molecule has 16 heavy (non-hydrogen) atoms. The van der Waals surface area contributed by atoms with Gasteiger partial charge in [0.25, 0.3) is 6.43 Å². The summed E-state index contributed by atoms with van der Waals surface area (Å²) in [5, 5.41) is 0. The van der Waals surface area contributed by atoms with Crippen LogP contribution in [0.2, 0.25) is 0 Å². The van der Waals surface area contributed by atoms with Crippen molar-refractivity contribution in [3.05, 3.63) is 22.2 Å². The summed E-state index contributed by atoms with van der Waals surface area (Å²) < 4.78 is 64.2. The summed E-state index contributed by atoms with van der Waals surface area (Å²) in [6.45, 7) is 0. The number of rotatable bonds is 2. The van der Waals surface area contributed by atoms with E-state index < -0.39 is 29.8 Å². The third-order valence-corrected chi connectivity index (χ3v) is 2.32. The van der Waals surface area contributed by atoms with Gasteiger partial charge in [0.15, 0.2) is 5.75 Å². The SMILES string of the molecule is Nc1c(Br)ccc(C(F)F)c1OC(F)(F)F. The summed E-state index contributed by atoms with van der Waals surface area (Å²) in [5.41, 5.74) is 3.80. The maximum atomic E-state index is 12.4.